The van der Waals surface area contributed by atoms with Crippen molar-refractivity contribution in [3.05, 3.63) is 65.2 Å². The number of hydrogen-bond acceptors (Lipinski definition) is 3. The number of carbonyl (C=O) groups excluding carboxylic acids is 1. The minimum atomic E-state index is -0.547. The van der Waals surface area contributed by atoms with Gasteiger partial charge in [0.2, 0.25) is 5.91 Å². The fourth-order valence-electron chi connectivity index (χ4n) is 2.26. The summed E-state index contributed by atoms with van der Waals surface area (Å²) in [5.41, 5.74) is 9.07. The first-order valence-electron chi connectivity index (χ1n) is 7.31. The van der Waals surface area contributed by atoms with Crippen molar-refractivity contribution in [3.63, 3.8) is 0 Å². The number of halogens is 1. The number of nitrogens with two attached hydrogens (primary N) is 1. The molecule has 0 aliphatic heterocycles. The largest absolute Gasteiger partial charge is 0.496 e. The van der Waals surface area contributed by atoms with Crippen LogP contribution in [0.3, 0.4) is 0 Å². The molecule has 0 aliphatic rings. The molecular formula is C18H23ClN2O2. The number of hydrogen-bond donors (Lipinski definition) is 2. The second-order valence-corrected chi connectivity index (χ2v) is 5.32. The van der Waals surface area contributed by atoms with Crippen LogP contribution in [0.1, 0.15) is 16.7 Å². The van der Waals surface area contributed by atoms with Crippen LogP contribution in [-0.2, 0) is 17.8 Å². The van der Waals surface area contributed by atoms with Gasteiger partial charge in [0.25, 0.3) is 0 Å². The average Bonchev–Trinajstić information content (AvgIpc) is 2.54. The van der Waals surface area contributed by atoms with Crippen LogP contribution < -0.4 is 15.8 Å². The van der Waals surface area contributed by atoms with E-state index in [0.717, 1.165) is 22.4 Å². The topological polar surface area (TPSA) is 64.3 Å². The summed E-state index contributed by atoms with van der Waals surface area (Å²) < 4.78 is 5.28. The van der Waals surface area contributed by atoms with Gasteiger partial charge in [0.05, 0.1) is 13.2 Å². The predicted octanol–water partition coefficient (Wildman–Crippen LogP) is 2.61. The van der Waals surface area contributed by atoms with Crippen LogP contribution >= 0.6 is 12.4 Å². The van der Waals surface area contributed by atoms with Crippen molar-refractivity contribution in [2.75, 3.05) is 7.11 Å². The highest BCUT2D eigenvalue weighted by Gasteiger charge is 2.13. The number of methoxy groups -OCH3 is 1. The molecule has 0 radical (unpaired) electrons. The monoisotopic (exact) mass is 334 g/mol. The molecule has 0 saturated carbocycles. The molecule has 0 saturated heterocycles. The van der Waals surface area contributed by atoms with Gasteiger partial charge in [-0.05, 0) is 36.1 Å². The first kappa shape index (κ1) is 19.0. The number of amides is 1. The van der Waals surface area contributed by atoms with Crippen LogP contribution in [0.5, 0.6) is 5.75 Å². The average molecular weight is 335 g/mol. The Balaban J connectivity index is 0.00000264. The maximum Gasteiger partial charge on any atom is 0.237 e. The molecule has 2 aromatic carbocycles. The fourth-order valence-corrected chi connectivity index (χ4v) is 2.26. The molecule has 1 atom stereocenters. The van der Waals surface area contributed by atoms with E-state index in [0.29, 0.717) is 13.0 Å². The Hall–Kier alpha value is -2.04. The Bertz CT molecular complexity index is 632. The van der Waals surface area contributed by atoms with E-state index in [1.54, 1.807) is 7.11 Å². The van der Waals surface area contributed by atoms with Crippen molar-refractivity contribution in [3.8, 4) is 5.75 Å². The maximum absolute atomic E-state index is 12.1. The number of ether oxygens (including phenoxy) is 1. The van der Waals surface area contributed by atoms with Gasteiger partial charge in [0, 0.05) is 6.54 Å². The zero-order valence-electron chi connectivity index (χ0n) is 13.4. The zero-order chi connectivity index (χ0) is 15.9. The lowest BCUT2D eigenvalue weighted by Gasteiger charge is -2.13. The van der Waals surface area contributed by atoms with Crippen LogP contribution in [0, 0.1) is 6.92 Å². The van der Waals surface area contributed by atoms with Gasteiger partial charge in [-0.2, -0.15) is 0 Å². The molecule has 2 rings (SSSR count). The number of rotatable bonds is 6. The highest BCUT2D eigenvalue weighted by Crippen LogP contribution is 2.18. The highest BCUT2D eigenvalue weighted by atomic mass is 35.5. The van der Waals surface area contributed by atoms with Crippen LogP contribution in [0.25, 0.3) is 0 Å². The summed E-state index contributed by atoms with van der Waals surface area (Å²) in [5, 5.41) is 2.87. The first-order valence-corrected chi connectivity index (χ1v) is 7.31. The second-order valence-electron chi connectivity index (χ2n) is 5.32. The van der Waals surface area contributed by atoms with Crippen LogP contribution in [0.4, 0.5) is 0 Å². The summed E-state index contributed by atoms with van der Waals surface area (Å²) in [4.78, 5) is 12.1. The van der Waals surface area contributed by atoms with Crippen LogP contribution in [0.2, 0.25) is 0 Å². The number of aryl methyl sites for hydroxylation is 1. The smallest absolute Gasteiger partial charge is 0.237 e. The molecule has 4 nitrogen and oxygen atoms in total. The van der Waals surface area contributed by atoms with E-state index in [1.807, 2.05) is 55.5 Å². The third-order valence-corrected chi connectivity index (χ3v) is 3.57. The number of carbonyl (C=O) groups is 1. The Morgan fingerprint density at radius 2 is 1.87 bits per heavy atom. The van der Waals surface area contributed by atoms with E-state index in [1.165, 1.54) is 0 Å². The normalized spacial score (nSPS) is 11.3. The molecule has 124 valence electrons. The molecule has 1 amide bonds. The summed E-state index contributed by atoms with van der Waals surface area (Å²) in [6.07, 6.45) is 0.532. The number of nitrogens with one attached hydrogen (secondary N) is 1. The minimum Gasteiger partial charge on any atom is -0.496 e. The van der Waals surface area contributed by atoms with E-state index in [9.17, 15) is 4.79 Å². The summed E-state index contributed by atoms with van der Waals surface area (Å²) in [6.45, 7) is 2.43. The van der Waals surface area contributed by atoms with Crippen molar-refractivity contribution in [1.29, 1.82) is 0 Å². The van der Waals surface area contributed by atoms with Gasteiger partial charge in [-0.1, -0.05) is 42.5 Å². The van der Waals surface area contributed by atoms with Gasteiger partial charge < -0.3 is 15.8 Å². The molecule has 0 bridgehead atoms. The first-order chi connectivity index (χ1) is 10.6. The summed E-state index contributed by atoms with van der Waals surface area (Å²) >= 11 is 0. The second kappa shape index (κ2) is 9.18. The zero-order valence-corrected chi connectivity index (χ0v) is 14.2. The van der Waals surface area contributed by atoms with Crippen molar-refractivity contribution >= 4 is 18.3 Å². The van der Waals surface area contributed by atoms with Gasteiger partial charge in [-0.3, -0.25) is 4.79 Å². The standard InChI is InChI=1S/C18H22N2O2.ClH/c1-13-8-9-15(11-17(13)22-2)12-20-18(21)16(19)10-14-6-4-3-5-7-14;/h3-9,11,16H,10,12,19H2,1-2H3,(H,20,21);1H/t16-;/m0./s1. The van der Waals surface area contributed by atoms with Gasteiger partial charge in [-0.25, -0.2) is 0 Å². The summed E-state index contributed by atoms with van der Waals surface area (Å²) in [7, 11) is 1.64. The van der Waals surface area contributed by atoms with Crippen molar-refractivity contribution in [2.45, 2.75) is 25.9 Å². The Morgan fingerprint density at radius 1 is 1.17 bits per heavy atom. The third-order valence-electron chi connectivity index (χ3n) is 3.57. The molecular weight excluding hydrogens is 312 g/mol. The lowest BCUT2D eigenvalue weighted by atomic mass is 10.1. The van der Waals surface area contributed by atoms with E-state index in [-0.39, 0.29) is 18.3 Å². The lowest BCUT2D eigenvalue weighted by Crippen LogP contribution is -2.41. The van der Waals surface area contributed by atoms with Crippen LogP contribution in [0.15, 0.2) is 48.5 Å². The van der Waals surface area contributed by atoms with Gasteiger partial charge >= 0.3 is 0 Å². The molecule has 0 spiro atoms. The van der Waals surface area contributed by atoms with E-state index >= 15 is 0 Å². The fraction of sp³-hybridized carbons (Fsp3) is 0.278. The molecule has 0 aliphatic carbocycles. The molecule has 0 fully saturated rings. The third kappa shape index (κ3) is 5.58. The SMILES string of the molecule is COc1cc(CNC(=O)[C@@H](N)Cc2ccccc2)ccc1C.Cl. The van der Waals surface area contributed by atoms with E-state index in [4.69, 9.17) is 10.5 Å². The van der Waals surface area contributed by atoms with Gasteiger partial charge in [-0.15, -0.1) is 12.4 Å². The molecule has 2 aromatic rings. The van der Waals surface area contributed by atoms with E-state index in [2.05, 4.69) is 5.32 Å². The molecule has 5 heteroatoms. The molecule has 0 unspecified atom stereocenters. The van der Waals surface area contributed by atoms with Gasteiger partial charge in [0.1, 0.15) is 5.75 Å². The molecule has 3 N–H and O–H groups in total. The molecule has 0 aromatic heterocycles. The predicted molar refractivity (Wildman–Crippen MR) is 94.9 cm³/mol. The van der Waals surface area contributed by atoms with E-state index < -0.39 is 6.04 Å². The molecule has 0 heterocycles. The van der Waals surface area contributed by atoms with Crippen molar-refractivity contribution < 1.29 is 9.53 Å². The summed E-state index contributed by atoms with van der Waals surface area (Å²) in [5.74, 6) is 0.670. The van der Waals surface area contributed by atoms with Gasteiger partial charge in [0.15, 0.2) is 0 Å². The van der Waals surface area contributed by atoms with Crippen LogP contribution in [-0.4, -0.2) is 19.1 Å². The maximum atomic E-state index is 12.1. The lowest BCUT2D eigenvalue weighted by molar-refractivity contribution is -0.122. The Labute approximate surface area is 143 Å². The Kier molecular flexibility index (Phi) is 7.59. The number of benzene rings is 2. The minimum absolute atomic E-state index is 0. The highest BCUT2D eigenvalue weighted by molar-refractivity contribution is 5.85. The van der Waals surface area contributed by atoms with Crippen molar-refractivity contribution in [1.82, 2.24) is 5.32 Å². The quantitative estimate of drug-likeness (QED) is 0.853. The summed E-state index contributed by atoms with van der Waals surface area (Å²) in [6, 6.07) is 15.1. The Morgan fingerprint density at radius 3 is 2.52 bits per heavy atom. The molecule has 23 heavy (non-hydrogen) atoms. The van der Waals surface area contributed by atoms with Crippen molar-refractivity contribution in [2.24, 2.45) is 5.73 Å².